The van der Waals surface area contributed by atoms with Gasteiger partial charge >= 0.3 is 0 Å². The van der Waals surface area contributed by atoms with Crippen LogP contribution in [0.25, 0.3) is 0 Å². The summed E-state index contributed by atoms with van der Waals surface area (Å²) in [6.45, 7) is 5.57. The van der Waals surface area contributed by atoms with Crippen molar-refractivity contribution in [3.8, 4) is 5.75 Å². The fraction of sp³-hybridized carbons (Fsp3) is 0.409. The minimum absolute atomic E-state index is 0.0735. The molecular weight excluding hydrogens is 357 g/mol. The van der Waals surface area contributed by atoms with E-state index < -0.39 is 0 Å². The second-order valence-electron chi connectivity index (χ2n) is 7.37. The lowest BCUT2D eigenvalue weighted by molar-refractivity contribution is -0.116. The maximum absolute atomic E-state index is 13.1. The van der Waals surface area contributed by atoms with E-state index in [4.69, 9.17) is 4.74 Å². The van der Waals surface area contributed by atoms with Gasteiger partial charge < -0.3 is 15.0 Å². The average molecular weight is 383 g/mol. The SMILES string of the molecule is O=C1CCc2ccc(OCCCN3CCN(c4ccc(F)cc4)CC3)cc2N1. The maximum Gasteiger partial charge on any atom is 0.224 e. The molecule has 148 valence electrons. The Labute approximate surface area is 165 Å². The van der Waals surface area contributed by atoms with E-state index in [1.165, 1.54) is 17.7 Å². The predicted molar refractivity (Wildman–Crippen MR) is 109 cm³/mol. The Kier molecular flexibility index (Phi) is 5.76. The van der Waals surface area contributed by atoms with Crippen molar-refractivity contribution in [2.45, 2.75) is 19.3 Å². The molecule has 0 aliphatic carbocycles. The van der Waals surface area contributed by atoms with E-state index in [9.17, 15) is 9.18 Å². The summed E-state index contributed by atoms with van der Waals surface area (Å²) in [5.41, 5.74) is 3.14. The summed E-state index contributed by atoms with van der Waals surface area (Å²) in [6, 6.07) is 12.7. The lowest BCUT2D eigenvalue weighted by Crippen LogP contribution is -2.46. The van der Waals surface area contributed by atoms with Gasteiger partial charge in [0.2, 0.25) is 5.91 Å². The fourth-order valence-corrected chi connectivity index (χ4v) is 3.80. The molecule has 1 amide bonds. The van der Waals surface area contributed by atoms with Crippen LogP contribution in [-0.2, 0) is 11.2 Å². The topological polar surface area (TPSA) is 44.8 Å². The molecule has 0 radical (unpaired) electrons. The van der Waals surface area contributed by atoms with Crippen molar-refractivity contribution in [1.82, 2.24) is 4.90 Å². The highest BCUT2D eigenvalue weighted by Gasteiger charge is 2.17. The molecule has 2 aliphatic heterocycles. The van der Waals surface area contributed by atoms with Gasteiger partial charge in [-0.25, -0.2) is 4.39 Å². The first-order chi connectivity index (χ1) is 13.7. The van der Waals surface area contributed by atoms with Crippen molar-refractivity contribution in [3.63, 3.8) is 0 Å². The van der Waals surface area contributed by atoms with Crippen LogP contribution in [0.4, 0.5) is 15.8 Å². The van der Waals surface area contributed by atoms with E-state index in [2.05, 4.69) is 15.1 Å². The average Bonchev–Trinajstić information content (AvgIpc) is 2.72. The third-order valence-corrected chi connectivity index (χ3v) is 5.43. The van der Waals surface area contributed by atoms with Crippen LogP contribution in [0.15, 0.2) is 42.5 Å². The summed E-state index contributed by atoms with van der Waals surface area (Å²) >= 11 is 0. The summed E-state index contributed by atoms with van der Waals surface area (Å²) < 4.78 is 18.9. The number of fused-ring (bicyclic) bond motifs is 1. The zero-order chi connectivity index (χ0) is 19.3. The number of amides is 1. The molecule has 2 heterocycles. The number of nitrogens with zero attached hydrogens (tertiary/aromatic N) is 2. The monoisotopic (exact) mass is 383 g/mol. The number of halogens is 1. The smallest absolute Gasteiger partial charge is 0.224 e. The van der Waals surface area contributed by atoms with Crippen LogP contribution < -0.4 is 15.0 Å². The van der Waals surface area contributed by atoms with Crippen molar-refractivity contribution >= 4 is 17.3 Å². The van der Waals surface area contributed by atoms with Gasteiger partial charge in [-0.1, -0.05) is 6.07 Å². The quantitative estimate of drug-likeness (QED) is 0.778. The highest BCUT2D eigenvalue weighted by molar-refractivity contribution is 5.94. The van der Waals surface area contributed by atoms with Gasteiger partial charge in [0.25, 0.3) is 0 Å². The molecule has 4 rings (SSSR count). The Morgan fingerprint density at radius 1 is 1.00 bits per heavy atom. The molecule has 28 heavy (non-hydrogen) atoms. The highest BCUT2D eigenvalue weighted by Crippen LogP contribution is 2.27. The van der Waals surface area contributed by atoms with Gasteiger partial charge in [0.15, 0.2) is 0 Å². The largest absolute Gasteiger partial charge is 0.493 e. The summed E-state index contributed by atoms with van der Waals surface area (Å²) in [6.07, 6.45) is 2.31. The van der Waals surface area contributed by atoms with E-state index in [0.29, 0.717) is 13.0 Å². The second kappa shape index (κ2) is 8.61. The number of carbonyl (C=O) groups is 1. The Bertz CT molecular complexity index is 817. The van der Waals surface area contributed by atoms with Crippen LogP contribution in [0.2, 0.25) is 0 Å². The molecule has 1 fully saturated rings. The van der Waals surface area contributed by atoms with Crippen LogP contribution in [0.3, 0.4) is 0 Å². The van der Waals surface area contributed by atoms with E-state index in [1.807, 2.05) is 30.3 Å². The van der Waals surface area contributed by atoms with Gasteiger partial charge in [-0.15, -0.1) is 0 Å². The molecule has 5 nitrogen and oxygen atoms in total. The van der Waals surface area contributed by atoms with Gasteiger partial charge in [-0.05, 0) is 48.7 Å². The number of hydrogen-bond donors (Lipinski definition) is 1. The molecule has 0 saturated carbocycles. The molecular formula is C22H26FN3O2. The van der Waals surface area contributed by atoms with E-state index in [1.54, 1.807) is 0 Å². The molecule has 6 heteroatoms. The molecule has 2 aromatic rings. The van der Waals surface area contributed by atoms with Crippen molar-refractivity contribution in [2.24, 2.45) is 0 Å². The Morgan fingerprint density at radius 2 is 1.79 bits per heavy atom. The number of aryl methyl sites for hydroxylation is 1. The normalized spacial score (nSPS) is 17.2. The standard InChI is InChI=1S/C22H26FN3O2/c23-18-4-6-19(7-5-18)26-13-11-25(12-14-26)10-1-15-28-20-8-2-17-3-9-22(27)24-21(17)16-20/h2,4-8,16H,1,3,9-15H2,(H,24,27). The van der Waals surface area contributed by atoms with Crippen molar-refractivity contribution in [3.05, 3.63) is 53.8 Å². The van der Waals surface area contributed by atoms with E-state index in [0.717, 1.165) is 62.7 Å². The zero-order valence-electron chi connectivity index (χ0n) is 16.0. The number of benzene rings is 2. The molecule has 0 spiro atoms. The molecule has 1 N–H and O–H groups in total. The van der Waals surface area contributed by atoms with E-state index >= 15 is 0 Å². The number of anilines is 2. The fourth-order valence-electron chi connectivity index (χ4n) is 3.80. The number of carbonyl (C=O) groups excluding carboxylic acids is 1. The summed E-state index contributed by atoms with van der Waals surface area (Å²) in [5, 5.41) is 2.91. The zero-order valence-corrected chi connectivity index (χ0v) is 16.0. The van der Waals surface area contributed by atoms with Gasteiger partial charge in [0.05, 0.1) is 6.61 Å². The number of rotatable bonds is 6. The lowest BCUT2D eigenvalue weighted by atomic mass is 10.0. The van der Waals surface area contributed by atoms with Crippen LogP contribution >= 0.6 is 0 Å². The first-order valence-corrected chi connectivity index (χ1v) is 9.96. The van der Waals surface area contributed by atoms with Crippen molar-refractivity contribution < 1.29 is 13.9 Å². The lowest BCUT2D eigenvalue weighted by Gasteiger charge is -2.36. The molecule has 0 atom stereocenters. The molecule has 2 aliphatic rings. The minimum atomic E-state index is -0.191. The summed E-state index contributed by atoms with van der Waals surface area (Å²) in [7, 11) is 0. The number of ether oxygens (including phenoxy) is 1. The van der Waals surface area contributed by atoms with Crippen LogP contribution in [0.1, 0.15) is 18.4 Å². The van der Waals surface area contributed by atoms with Crippen LogP contribution in [-0.4, -0.2) is 50.1 Å². The van der Waals surface area contributed by atoms with Gasteiger partial charge in [-0.3, -0.25) is 9.69 Å². The van der Waals surface area contributed by atoms with Gasteiger partial charge in [-0.2, -0.15) is 0 Å². The molecule has 0 aromatic heterocycles. The first kappa shape index (κ1) is 18.7. The van der Waals surface area contributed by atoms with E-state index in [-0.39, 0.29) is 11.7 Å². The number of piperazine rings is 1. The number of nitrogens with one attached hydrogen (secondary N) is 1. The van der Waals surface area contributed by atoms with Crippen LogP contribution in [0, 0.1) is 5.82 Å². The Hall–Kier alpha value is -2.60. The Balaban J connectivity index is 1.18. The molecule has 1 saturated heterocycles. The Morgan fingerprint density at radius 3 is 2.57 bits per heavy atom. The predicted octanol–water partition coefficient (Wildman–Crippen LogP) is 3.30. The number of hydrogen-bond acceptors (Lipinski definition) is 4. The third kappa shape index (κ3) is 4.62. The van der Waals surface area contributed by atoms with Crippen molar-refractivity contribution in [2.75, 3.05) is 49.5 Å². The third-order valence-electron chi connectivity index (χ3n) is 5.43. The first-order valence-electron chi connectivity index (χ1n) is 9.96. The molecule has 0 bridgehead atoms. The van der Waals surface area contributed by atoms with Gasteiger partial charge in [0.1, 0.15) is 11.6 Å². The molecule has 2 aromatic carbocycles. The minimum Gasteiger partial charge on any atom is -0.493 e. The summed E-state index contributed by atoms with van der Waals surface area (Å²) in [4.78, 5) is 16.3. The second-order valence-corrected chi connectivity index (χ2v) is 7.37. The van der Waals surface area contributed by atoms with Crippen LogP contribution in [0.5, 0.6) is 5.75 Å². The maximum atomic E-state index is 13.1. The molecule has 0 unspecified atom stereocenters. The summed E-state index contributed by atoms with van der Waals surface area (Å²) in [5.74, 6) is 0.690. The van der Waals surface area contributed by atoms with Crippen molar-refractivity contribution in [1.29, 1.82) is 0 Å². The highest BCUT2D eigenvalue weighted by atomic mass is 19.1. The van der Waals surface area contributed by atoms with Gasteiger partial charge in [0, 0.05) is 56.6 Å².